The number of aliphatic carboxylic acids is 1. The van der Waals surface area contributed by atoms with Gasteiger partial charge >= 0.3 is 5.97 Å². The Morgan fingerprint density at radius 2 is 2.00 bits per heavy atom. The summed E-state index contributed by atoms with van der Waals surface area (Å²) in [5.41, 5.74) is 0. The minimum absolute atomic E-state index is 0.129. The maximum atomic E-state index is 11.0. The van der Waals surface area contributed by atoms with Crippen molar-refractivity contribution in [1.82, 2.24) is 10.2 Å². The van der Waals surface area contributed by atoms with Crippen LogP contribution >= 0.6 is 0 Å². The molecule has 1 aliphatic carbocycles. The minimum atomic E-state index is -0.747. The maximum Gasteiger partial charge on any atom is 0.320 e. The number of carbonyl (C=O) groups is 1. The van der Waals surface area contributed by atoms with Crippen LogP contribution in [-0.4, -0.2) is 48.2 Å². The van der Waals surface area contributed by atoms with Gasteiger partial charge in [-0.05, 0) is 25.8 Å². The first-order valence-electron chi connectivity index (χ1n) is 6.68. The normalized spacial score (nSPS) is 19.1. The fourth-order valence-corrected chi connectivity index (χ4v) is 2.53. The fourth-order valence-electron chi connectivity index (χ4n) is 2.53. The lowest BCUT2D eigenvalue weighted by Crippen LogP contribution is -2.45. The summed E-state index contributed by atoms with van der Waals surface area (Å²) in [6.07, 6.45) is 5.27. The molecule has 1 aliphatic rings. The molecular weight excluding hydrogens is 216 g/mol. The lowest BCUT2D eigenvalue weighted by atomic mass is 10.1. The zero-order chi connectivity index (χ0) is 12.8. The van der Waals surface area contributed by atoms with E-state index in [2.05, 4.69) is 17.3 Å². The molecule has 1 saturated carbocycles. The van der Waals surface area contributed by atoms with Crippen LogP contribution in [0.15, 0.2) is 0 Å². The Bertz CT molecular complexity index is 238. The molecule has 0 aromatic rings. The molecule has 0 amide bonds. The molecule has 1 unspecified atom stereocenters. The molecule has 17 heavy (non-hydrogen) atoms. The average molecular weight is 242 g/mol. The quantitative estimate of drug-likeness (QED) is 0.711. The SMILES string of the molecule is CC(C)C(NCCN(C)C1CCCC1)C(=O)O. The van der Waals surface area contributed by atoms with Crippen LogP contribution < -0.4 is 5.32 Å². The molecule has 1 rings (SSSR count). The second kappa shape index (κ2) is 6.97. The molecule has 0 heterocycles. The van der Waals surface area contributed by atoms with Gasteiger partial charge in [-0.2, -0.15) is 0 Å². The highest BCUT2D eigenvalue weighted by molar-refractivity contribution is 5.73. The summed E-state index contributed by atoms with van der Waals surface area (Å²) >= 11 is 0. The standard InChI is InChI=1S/C13H26N2O2/c1-10(2)12(13(16)17)14-8-9-15(3)11-6-4-5-7-11/h10-12,14H,4-9H2,1-3H3,(H,16,17). The van der Waals surface area contributed by atoms with E-state index in [4.69, 9.17) is 5.11 Å². The van der Waals surface area contributed by atoms with Crippen LogP contribution in [0.5, 0.6) is 0 Å². The highest BCUT2D eigenvalue weighted by Crippen LogP contribution is 2.21. The first-order chi connectivity index (χ1) is 8.02. The Labute approximate surface area is 104 Å². The average Bonchev–Trinajstić information content (AvgIpc) is 2.76. The number of nitrogens with zero attached hydrogens (tertiary/aromatic N) is 1. The molecule has 4 heteroatoms. The van der Waals surface area contributed by atoms with Crippen LogP contribution in [0.25, 0.3) is 0 Å². The van der Waals surface area contributed by atoms with Crippen molar-refractivity contribution in [2.75, 3.05) is 20.1 Å². The lowest BCUT2D eigenvalue weighted by Gasteiger charge is -2.25. The molecule has 0 aromatic heterocycles. The second-order valence-electron chi connectivity index (χ2n) is 5.43. The van der Waals surface area contributed by atoms with Gasteiger partial charge < -0.3 is 15.3 Å². The van der Waals surface area contributed by atoms with E-state index in [9.17, 15) is 4.79 Å². The van der Waals surface area contributed by atoms with Gasteiger partial charge in [0.05, 0.1) is 0 Å². The summed E-state index contributed by atoms with van der Waals surface area (Å²) in [5.74, 6) is -0.618. The Balaban J connectivity index is 2.23. The van der Waals surface area contributed by atoms with E-state index < -0.39 is 12.0 Å². The van der Waals surface area contributed by atoms with E-state index in [1.165, 1.54) is 25.7 Å². The summed E-state index contributed by atoms with van der Waals surface area (Å²) in [6, 6.07) is 0.283. The number of hydrogen-bond acceptors (Lipinski definition) is 3. The van der Waals surface area contributed by atoms with Crippen LogP contribution in [0.4, 0.5) is 0 Å². The van der Waals surface area contributed by atoms with Crippen molar-refractivity contribution in [1.29, 1.82) is 0 Å². The van der Waals surface area contributed by atoms with Crippen LogP contribution in [0.2, 0.25) is 0 Å². The molecule has 1 fully saturated rings. The van der Waals surface area contributed by atoms with Crippen molar-refractivity contribution in [3.8, 4) is 0 Å². The van der Waals surface area contributed by atoms with E-state index in [0.717, 1.165) is 13.1 Å². The number of carboxylic acids is 1. The summed E-state index contributed by atoms with van der Waals surface area (Å²) in [4.78, 5) is 13.4. The zero-order valence-corrected chi connectivity index (χ0v) is 11.3. The number of nitrogens with one attached hydrogen (secondary N) is 1. The van der Waals surface area contributed by atoms with Crippen molar-refractivity contribution >= 4 is 5.97 Å². The van der Waals surface area contributed by atoms with E-state index in [1.807, 2.05) is 13.8 Å². The van der Waals surface area contributed by atoms with E-state index in [0.29, 0.717) is 6.04 Å². The van der Waals surface area contributed by atoms with Crippen molar-refractivity contribution in [2.45, 2.75) is 51.6 Å². The van der Waals surface area contributed by atoms with Gasteiger partial charge in [0.15, 0.2) is 0 Å². The number of likely N-dealkylation sites (N-methyl/N-ethyl adjacent to an activating group) is 1. The lowest BCUT2D eigenvalue weighted by molar-refractivity contribution is -0.140. The third kappa shape index (κ3) is 4.64. The Hall–Kier alpha value is -0.610. The predicted molar refractivity (Wildman–Crippen MR) is 69.2 cm³/mol. The summed E-state index contributed by atoms with van der Waals surface area (Å²) in [5, 5.41) is 12.2. The van der Waals surface area contributed by atoms with Crippen molar-refractivity contribution in [2.24, 2.45) is 5.92 Å². The van der Waals surface area contributed by atoms with Crippen molar-refractivity contribution < 1.29 is 9.90 Å². The molecule has 0 saturated heterocycles. The Kier molecular flexibility index (Phi) is 5.92. The fraction of sp³-hybridized carbons (Fsp3) is 0.923. The van der Waals surface area contributed by atoms with Gasteiger partial charge in [-0.3, -0.25) is 4.79 Å². The second-order valence-corrected chi connectivity index (χ2v) is 5.43. The van der Waals surface area contributed by atoms with Crippen molar-refractivity contribution in [3.63, 3.8) is 0 Å². The van der Waals surface area contributed by atoms with E-state index in [1.54, 1.807) is 0 Å². The monoisotopic (exact) mass is 242 g/mol. The summed E-state index contributed by atoms with van der Waals surface area (Å²) in [6.45, 7) is 5.56. The topological polar surface area (TPSA) is 52.6 Å². The van der Waals surface area contributed by atoms with Crippen LogP contribution in [-0.2, 0) is 4.79 Å². The molecule has 1 atom stereocenters. The first-order valence-corrected chi connectivity index (χ1v) is 6.68. The molecule has 2 N–H and O–H groups in total. The molecule has 4 nitrogen and oxygen atoms in total. The number of rotatable bonds is 7. The van der Waals surface area contributed by atoms with Gasteiger partial charge in [0, 0.05) is 19.1 Å². The summed E-state index contributed by atoms with van der Waals surface area (Å²) < 4.78 is 0. The van der Waals surface area contributed by atoms with Crippen LogP contribution in [0.1, 0.15) is 39.5 Å². The van der Waals surface area contributed by atoms with Crippen LogP contribution in [0.3, 0.4) is 0 Å². The van der Waals surface area contributed by atoms with Crippen LogP contribution in [0, 0.1) is 5.92 Å². The summed E-state index contributed by atoms with van der Waals surface area (Å²) in [7, 11) is 2.14. The van der Waals surface area contributed by atoms with Gasteiger partial charge in [0.25, 0.3) is 0 Å². The third-order valence-electron chi connectivity index (χ3n) is 3.71. The van der Waals surface area contributed by atoms with E-state index in [-0.39, 0.29) is 5.92 Å². The molecule has 100 valence electrons. The minimum Gasteiger partial charge on any atom is -0.480 e. The van der Waals surface area contributed by atoms with Gasteiger partial charge in [0.1, 0.15) is 6.04 Å². The molecular formula is C13H26N2O2. The van der Waals surface area contributed by atoms with Gasteiger partial charge in [-0.1, -0.05) is 26.7 Å². The highest BCUT2D eigenvalue weighted by Gasteiger charge is 2.22. The van der Waals surface area contributed by atoms with E-state index >= 15 is 0 Å². The number of hydrogen-bond donors (Lipinski definition) is 2. The predicted octanol–water partition coefficient (Wildman–Crippen LogP) is 1.56. The highest BCUT2D eigenvalue weighted by atomic mass is 16.4. The third-order valence-corrected chi connectivity index (χ3v) is 3.71. The molecule has 0 bridgehead atoms. The molecule has 0 aromatic carbocycles. The smallest absolute Gasteiger partial charge is 0.320 e. The number of carboxylic acid groups (broad SMARTS) is 1. The van der Waals surface area contributed by atoms with Gasteiger partial charge in [-0.15, -0.1) is 0 Å². The molecule has 0 radical (unpaired) electrons. The first kappa shape index (κ1) is 14.5. The molecule has 0 spiro atoms. The van der Waals surface area contributed by atoms with Gasteiger partial charge in [0.2, 0.25) is 0 Å². The largest absolute Gasteiger partial charge is 0.480 e. The molecule has 0 aliphatic heterocycles. The Morgan fingerprint density at radius 3 is 2.47 bits per heavy atom. The van der Waals surface area contributed by atoms with Gasteiger partial charge in [-0.25, -0.2) is 0 Å². The Morgan fingerprint density at radius 1 is 1.41 bits per heavy atom. The maximum absolute atomic E-state index is 11.0. The zero-order valence-electron chi connectivity index (χ0n) is 11.3. The van der Waals surface area contributed by atoms with Crippen molar-refractivity contribution in [3.05, 3.63) is 0 Å².